The number of ether oxygens (including phenoxy) is 2. The molecular weight excluding hydrogens is 311 g/mol. The van der Waals surface area contributed by atoms with E-state index in [2.05, 4.69) is 10.1 Å². The van der Waals surface area contributed by atoms with Gasteiger partial charge in [0.15, 0.2) is 0 Å². The smallest absolute Gasteiger partial charge is 0.497 e. The molecule has 0 bridgehead atoms. The predicted molar refractivity (Wildman–Crippen MR) is 78.5 cm³/mol. The molecule has 2 rings (SSSR count). The van der Waals surface area contributed by atoms with Gasteiger partial charge in [0, 0.05) is 5.69 Å². The van der Waals surface area contributed by atoms with E-state index in [9.17, 15) is 18.0 Å². The maximum atomic E-state index is 12.1. The van der Waals surface area contributed by atoms with Crippen molar-refractivity contribution in [3.8, 4) is 11.5 Å². The Balaban J connectivity index is 1.94. The van der Waals surface area contributed by atoms with Crippen LogP contribution in [0.1, 0.15) is 5.56 Å². The summed E-state index contributed by atoms with van der Waals surface area (Å²) in [6, 6.07) is 12.0. The Morgan fingerprint density at radius 2 is 1.78 bits per heavy atom. The zero-order valence-electron chi connectivity index (χ0n) is 12.2. The minimum Gasteiger partial charge on any atom is -0.497 e. The van der Waals surface area contributed by atoms with Crippen LogP contribution in [0.3, 0.4) is 0 Å². The van der Waals surface area contributed by atoms with Gasteiger partial charge in [-0.15, -0.1) is 13.2 Å². The van der Waals surface area contributed by atoms with Gasteiger partial charge < -0.3 is 14.8 Å². The molecule has 4 nitrogen and oxygen atoms in total. The first-order chi connectivity index (χ1) is 10.9. The zero-order valence-corrected chi connectivity index (χ0v) is 12.2. The Kier molecular flexibility index (Phi) is 5.10. The van der Waals surface area contributed by atoms with Crippen LogP contribution >= 0.6 is 0 Å². The first-order valence-corrected chi connectivity index (χ1v) is 6.64. The largest absolute Gasteiger partial charge is 0.573 e. The zero-order chi connectivity index (χ0) is 16.9. The summed E-state index contributed by atoms with van der Waals surface area (Å²) in [6.07, 6.45) is -4.62. The Morgan fingerprint density at radius 3 is 2.39 bits per heavy atom. The van der Waals surface area contributed by atoms with Crippen molar-refractivity contribution in [3.05, 3.63) is 54.1 Å². The van der Waals surface area contributed by atoms with Crippen molar-refractivity contribution >= 4 is 11.6 Å². The second-order valence-electron chi connectivity index (χ2n) is 4.65. The molecule has 0 spiro atoms. The van der Waals surface area contributed by atoms with E-state index in [-0.39, 0.29) is 18.1 Å². The van der Waals surface area contributed by atoms with E-state index in [4.69, 9.17) is 4.74 Å². The SMILES string of the molecule is COc1cccc(CC(=O)Nc2ccc(OC(F)(F)F)cc2)c1. The Morgan fingerprint density at radius 1 is 1.09 bits per heavy atom. The quantitative estimate of drug-likeness (QED) is 0.910. The minimum atomic E-state index is -4.74. The van der Waals surface area contributed by atoms with Gasteiger partial charge in [0.05, 0.1) is 13.5 Å². The number of halogens is 3. The highest BCUT2D eigenvalue weighted by Gasteiger charge is 2.30. The molecule has 0 saturated heterocycles. The monoisotopic (exact) mass is 325 g/mol. The normalized spacial score (nSPS) is 11.0. The number of rotatable bonds is 5. The molecule has 0 heterocycles. The molecule has 0 radical (unpaired) electrons. The third-order valence-corrected chi connectivity index (χ3v) is 2.87. The molecule has 2 aromatic rings. The highest BCUT2D eigenvalue weighted by atomic mass is 19.4. The second-order valence-corrected chi connectivity index (χ2v) is 4.65. The van der Waals surface area contributed by atoms with Crippen molar-refractivity contribution in [2.75, 3.05) is 12.4 Å². The molecule has 23 heavy (non-hydrogen) atoms. The maximum absolute atomic E-state index is 12.1. The van der Waals surface area contributed by atoms with Crippen molar-refractivity contribution in [2.45, 2.75) is 12.8 Å². The average molecular weight is 325 g/mol. The number of hydrogen-bond acceptors (Lipinski definition) is 3. The lowest BCUT2D eigenvalue weighted by Crippen LogP contribution is -2.17. The Hall–Kier alpha value is -2.70. The number of methoxy groups -OCH3 is 1. The summed E-state index contributed by atoms with van der Waals surface area (Å²) in [5.74, 6) is 0.00925. The molecular formula is C16H14F3NO3. The molecule has 0 unspecified atom stereocenters. The molecule has 2 aromatic carbocycles. The van der Waals surface area contributed by atoms with Crippen LogP contribution in [0.25, 0.3) is 0 Å². The summed E-state index contributed by atoms with van der Waals surface area (Å²) in [4.78, 5) is 11.9. The number of alkyl halides is 3. The van der Waals surface area contributed by atoms with Crippen molar-refractivity contribution in [3.63, 3.8) is 0 Å². The van der Waals surface area contributed by atoms with Gasteiger partial charge in [-0.25, -0.2) is 0 Å². The summed E-state index contributed by atoms with van der Waals surface area (Å²) in [5.41, 5.74) is 1.14. The molecule has 0 aliphatic rings. The molecule has 0 aliphatic carbocycles. The fourth-order valence-electron chi connectivity index (χ4n) is 1.91. The predicted octanol–water partition coefficient (Wildman–Crippen LogP) is 3.78. The van der Waals surface area contributed by atoms with Gasteiger partial charge in [-0.05, 0) is 42.0 Å². The third kappa shape index (κ3) is 5.54. The fourth-order valence-corrected chi connectivity index (χ4v) is 1.91. The summed E-state index contributed by atoms with van der Waals surface area (Å²) >= 11 is 0. The van der Waals surface area contributed by atoms with Crippen LogP contribution in [0.4, 0.5) is 18.9 Å². The van der Waals surface area contributed by atoms with Crippen LogP contribution in [0, 0.1) is 0 Å². The maximum Gasteiger partial charge on any atom is 0.573 e. The molecule has 1 N–H and O–H groups in total. The number of nitrogens with one attached hydrogen (secondary N) is 1. The molecule has 122 valence electrons. The molecule has 0 fully saturated rings. The van der Waals surface area contributed by atoms with E-state index >= 15 is 0 Å². The topological polar surface area (TPSA) is 47.6 Å². The first-order valence-electron chi connectivity index (χ1n) is 6.64. The third-order valence-electron chi connectivity index (χ3n) is 2.87. The molecule has 7 heteroatoms. The van der Waals surface area contributed by atoms with E-state index in [0.29, 0.717) is 11.4 Å². The number of carbonyl (C=O) groups excluding carboxylic acids is 1. The summed E-state index contributed by atoms with van der Waals surface area (Å²) < 4.78 is 45.0. The van der Waals surface area contributed by atoms with Gasteiger partial charge in [0.2, 0.25) is 5.91 Å². The van der Waals surface area contributed by atoms with Crippen LogP contribution in [0.15, 0.2) is 48.5 Å². The van der Waals surface area contributed by atoms with Crippen LogP contribution < -0.4 is 14.8 Å². The standard InChI is InChI=1S/C16H14F3NO3/c1-22-14-4-2-3-11(9-14)10-15(21)20-12-5-7-13(8-6-12)23-16(17,18)19/h2-9H,10H2,1H3,(H,20,21). The minimum absolute atomic E-state index is 0.123. The van der Waals surface area contributed by atoms with Gasteiger partial charge in [-0.3, -0.25) is 4.79 Å². The number of hydrogen-bond donors (Lipinski definition) is 1. The molecule has 1 amide bonds. The van der Waals surface area contributed by atoms with E-state index in [1.807, 2.05) is 0 Å². The van der Waals surface area contributed by atoms with Crippen molar-refractivity contribution in [1.82, 2.24) is 0 Å². The number of carbonyl (C=O) groups is 1. The second kappa shape index (κ2) is 7.04. The van der Waals surface area contributed by atoms with E-state index in [0.717, 1.165) is 17.7 Å². The van der Waals surface area contributed by atoms with Crippen LogP contribution in [-0.4, -0.2) is 19.4 Å². The number of benzene rings is 2. The van der Waals surface area contributed by atoms with E-state index in [1.165, 1.54) is 19.2 Å². The van der Waals surface area contributed by atoms with E-state index in [1.54, 1.807) is 24.3 Å². The van der Waals surface area contributed by atoms with E-state index < -0.39 is 6.36 Å². The van der Waals surface area contributed by atoms with Gasteiger partial charge in [-0.2, -0.15) is 0 Å². The summed E-state index contributed by atoms with van der Waals surface area (Å²) in [5, 5.41) is 2.60. The first kappa shape index (κ1) is 16.7. The molecule has 0 aliphatic heterocycles. The molecule has 0 atom stereocenters. The average Bonchev–Trinajstić information content (AvgIpc) is 2.48. The van der Waals surface area contributed by atoms with Gasteiger partial charge >= 0.3 is 6.36 Å². The summed E-state index contributed by atoms with van der Waals surface area (Å²) in [6.45, 7) is 0. The fraction of sp³-hybridized carbons (Fsp3) is 0.188. The Labute approximate surface area is 130 Å². The lowest BCUT2D eigenvalue weighted by molar-refractivity contribution is -0.274. The van der Waals surface area contributed by atoms with Gasteiger partial charge in [-0.1, -0.05) is 12.1 Å². The van der Waals surface area contributed by atoms with Crippen LogP contribution in [0.5, 0.6) is 11.5 Å². The molecule has 0 saturated carbocycles. The van der Waals surface area contributed by atoms with Crippen molar-refractivity contribution in [1.29, 1.82) is 0 Å². The van der Waals surface area contributed by atoms with Gasteiger partial charge in [0.1, 0.15) is 11.5 Å². The van der Waals surface area contributed by atoms with Gasteiger partial charge in [0.25, 0.3) is 0 Å². The lowest BCUT2D eigenvalue weighted by atomic mass is 10.1. The highest BCUT2D eigenvalue weighted by molar-refractivity contribution is 5.92. The Bertz CT molecular complexity index is 669. The number of anilines is 1. The van der Waals surface area contributed by atoms with Crippen molar-refractivity contribution in [2.24, 2.45) is 0 Å². The molecule has 0 aromatic heterocycles. The van der Waals surface area contributed by atoms with Crippen LogP contribution in [-0.2, 0) is 11.2 Å². The van der Waals surface area contributed by atoms with Crippen LogP contribution in [0.2, 0.25) is 0 Å². The lowest BCUT2D eigenvalue weighted by Gasteiger charge is -2.10. The van der Waals surface area contributed by atoms with Crippen molar-refractivity contribution < 1.29 is 27.4 Å². The summed E-state index contributed by atoms with van der Waals surface area (Å²) in [7, 11) is 1.53. The number of amides is 1. The highest BCUT2D eigenvalue weighted by Crippen LogP contribution is 2.24.